The van der Waals surface area contributed by atoms with Crippen LogP contribution in [0.25, 0.3) is 0 Å². The van der Waals surface area contributed by atoms with Crippen LogP contribution in [0.15, 0.2) is 52.3 Å². The summed E-state index contributed by atoms with van der Waals surface area (Å²) in [5.74, 6) is 0.446. The van der Waals surface area contributed by atoms with Crippen molar-refractivity contribution in [3.63, 3.8) is 0 Å². The van der Waals surface area contributed by atoms with Gasteiger partial charge in [-0.15, -0.1) is 0 Å². The standard InChI is InChI=1S/C21H27N3O6S2/c1-4-21(25)24-13-11-16-15-19(9-10-20(16)24)31(26,27)22-12-14-30-17-5-7-18(8-6-17)32(28,29)23(2)3/h5-10,15,22H,4,11-14H2,1-3H3. The van der Waals surface area contributed by atoms with Gasteiger partial charge in [-0.25, -0.2) is 25.9 Å². The highest BCUT2D eigenvalue weighted by Crippen LogP contribution is 2.30. The van der Waals surface area contributed by atoms with Gasteiger partial charge in [0.1, 0.15) is 12.4 Å². The predicted molar refractivity (Wildman–Crippen MR) is 121 cm³/mol. The number of nitrogens with zero attached hydrogens (tertiary/aromatic N) is 2. The molecule has 0 aliphatic carbocycles. The predicted octanol–water partition coefficient (Wildman–Crippen LogP) is 1.59. The number of carbonyl (C=O) groups excluding carboxylic acids is 1. The first kappa shape index (κ1) is 24.2. The second-order valence-corrected chi connectivity index (χ2v) is 11.4. The third-order valence-corrected chi connectivity index (χ3v) is 8.41. The molecule has 1 heterocycles. The van der Waals surface area contributed by atoms with Crippen LogP contribution in [-0.2, 0) is 31.3 Å². The van der Waals surface area contributed by atoms with Crippen molar-refractivity contribution in [2.75, 3.05) is 38.7 Å². The average molecular weight is 482 g/mol. The number of anilines is 1. The van der Waals surface area contributed by atoms with Crippen LogP contribution in [0.2, 0.25) is 0 Å². The first-order valence-electron chi connectivity index (χ1n) is 10.1. The summed E-state index contributed by atoms with van der Waals surface area (Å²) in [6, 6.07) is 10.7. The van der Waals surface area contributed by atoms with Gasteiger partial charge < -0.3 is 9.64 Å². The third-order valence-electron chi connectivity index (χ3n) is 5.13. The first-order chi connectivity index (χ1) is 15.1. The monoisotopic (exact) mass is 481 g/mol. The van der Waals surface area contributed by atoms with Gasteiger partial charge >= 0.3 is 0 Å². The van der Waals surface area contributed by atoms with Crippen LogP contribution in [0.4, 0.5) is 5.69 Å². The number of ether oxygens (including phenoxy) is 1. The molecule has 1 aliphatic rings. The van der Waals surface area contributed by atoms with Crippen molar-refractivity contribution in [2.24, 2.45) is 0 Å². The van der Waals surface area contributed by atoms with Crippen molar-refractivity contribution in [3.05, 3.63) is 48.0 Å². The molecule has 0 radical (unpaired) electrons. The molecule has 1 N–H and O–H groups in total. The molecular weight excluding hydrogens is 454 g/mol. The Bertz CT molecular complexity index is 1190. The molecule has 0 saturated heterocycles. The van der Waals surface area contributed by atoms with Gasteiger partial charge in [0.25, 0.3) is 0 Å². The molecule has 0 fully saturated rings. The molecular formula is C21H27N3O6S2. The Hall–Kier alpha value is -2.47. The molecule has 0 saturated carbocycles. The van der Waals surface area contributed by atoms with Crippen molar-refractivity contribution >= 4 is 31.6 Å². The Morgan fingerprint density at radius 3 is 2.34 bits per heavy atom. The fourth-order valence-electron chi connectivity index (χ4n) is 3.34. The van der Waals surface area contributed by atoms with E-state index in [2.05, 4.69) is 4.72 Å². The minimum atomic E-state index is -3.73. The van der Waals surface area contributed by atoms with Crippen molar-refractivity contribution in [3.8, 4) is 5.75 Å². The van der Waals surface area contributed by atoms with Crippen LogP contribution in [0.3, 0.4) is 0 Å². The van der Waals surface area contributed by atoms with Crippen molar-refractivity contribution in [1.82, 2.24) is 9.03 Å². The minimum Gasteiger partial charge on any atom is -0.492 e. The number of sulfonamides is 2. The molecule has 3 rings (SSSR count). The lowest BCUT2D eigenvalue weighted by atomic mass is 10.2. The van der Waals surface area contributed by atoms with Gasteiger partial charge in [-0.1, -0.05) is 6.92 Å². The second-order valence-electron chi connectivity index (χ2n) is 7.44. The summed E-state index contributed by atoms with van der Waals surface area (Å²) in [5, 5.41) is 0. The van der Waals surface area contributed by atoms with Gasteiger partial charge in [0.15, 0.2) is 0 Å². The van der Waals surface area contributed by atoms with E-state index >= 15 is 0 Å². The van der Waals surface area contributed by atoms with E-state index in [4.69, 9.17) is 4.74 Å². The number of amides is 1. The molecule has 0 atom stereocenters. The summed E-state index contributed by atoms with van der Waals surface area (Å²) in [7, 11) is -4.35. The summed E-state index contributed by atoms with van der Waals surface area (Å²) in [6.07, 6.45) is 1.02. The van der Waals surface area contributed by atoms with Gasteiger partial charge in [-0.3, -0.25) is 4.79 Å². The topological polar surface area (TPSA) is 113 Å². The number of rotatable bonds is 9. The van der Waals surface area contributed by atoms with Gasteiger partial charge in [0, 0.05) is 39.3 Å². The summed E-state index contributed by atoms with van der Waals surface area (Å²) in [4.78, 5) is 14.0. The summed E-state index contributed by atoms with van der Waals surface area (Å²) >= 11 is 0. The maximum atomic E-state index is 12.6. The van der Waals surface area contributed by atoms with Crippen LogP contribution in [-0.4, -0.2) is 60.8 Å². The highest BCUT2D eigenvalue weighted by Gasteiger charge is 2.25. The molecule has 0 bridgehead atoms. The average Bonchev–Trinajstić information content (AvgIpc) is 3.20. The zero-order chi connectivity index (χ0) is 23.5. The third kappa shape index (κ3) is 5.12. The van der Waals surface area contributed by atoms with Crippen LogP contribution < -0.4 is 14.4 Å². The number of hydrogen-bond acceptors (Lipinski definition) is 6. The highest BCUT2D eigenvalue weighted by molar-refractivity contribution is 7.89. The molecule has 0 unspecified atom stereocenters. The summed E-state index contributed by atoms with van der Waals surface area (Å²) in [5.41, 5.74) is 1.59. The molecule has 0 aromatic heterocycles. The molecule has 32 heavy (non-hydrogen) atoms. The Morgan fingerprint density at radius 1 is 1.06 bits per heavy atom. The first-order valence-corrected chi connectivity index (χ1v) is 13.1. The van der Waals surface area contributed by atoms with E-state index in [1.54, 1.807) is 24.0 Å². The SMILES string of the molecule is CCC(=O)N1CCc2cc(S(=O)(=O)NCCOc3ccc(S(=O)(=O)N(C)C)cc3)ccc21. The Kier molecular flexibility index (Phi) is 7.23. The van der Waals surface area contributed by atoms with Gasteiger partial charge in [0.05, 0.1) is 9.79 Å². The molecule has 2 aromatic rings. The number of fused-ring (bicyclic) bond motifs is 1. The molecule has 174 valence electrons. The Balaban J connectivity index is 1.57. The minimum absolute atomic E-state index is 0.0157. The van der Waals surface area contributed by atoms with E-state index in [0.29, 0.717) is 25.1 Å². The molecule has 11 heteroatoms. The maximum absolute atomic E-state index is 12.6. The van der Waals surface area contributed by atoms with Gasteiger partial charge in [0.2, 0.25) is 26.0 Å². The van der Waals surface area contributed by atoms with Crippen LogP contribution >= 0.6 is 0 Å². The van der Waals surface area contributed by atoms with Gasteiger partial charge in [-0.05, 0) is 54.4 Å². The number of nitrogens with one attached hydrogen (secondary N) is 1. The number of carbonyl (C=O) groups is 1. The fraction of sp³-hybridized carbons (Fsp3) is 0.381. The van der Waals surface area contributed by atoms with E-state index in [-0.39, 0.29) is 28.8 Å². The summed E-state index contributed by atoms with van der Waals surface area (Å²) in [6.45, 7) is 2.47. The fourth-order valence-corrected chi connectivity index (χ4v) is 5.31. The smallest absolute Gasteiger partial charge is 0.242 e. The molecule has 2 aromatic carbocycles. The van der Waals surface area contributed by atoms with E-state index in [0.717, 1.165) is 15.6 Å². The van der Waals surface area contributed by atoms with Crippen LogP contribution in [0.5, 0.6) is 5.75 Å². The Morgan fingerprint density at radius 2 is 1.72 bits per heavy atom. The van der Waals surface area contributed by atoms with Crippen molar-refractivity contribution in [1.29, 1.82) is 0 Å². The number of hydrogen-bond donors (Lipinski definition) is 1. The van der Waals surface area contributed by atoms with E-state index in [1.165, 1.54) is 44.4 Å². The lowest BCUT2D eigenvalue weighted by Gasteiger charge is -2.16. The van der Waals surface area contributed by atoms with Crippen LogP contribution in [0, 0.1) is 0 Å². The zero-order valence-electron chi connectivity index (χ0n) is 18.2. The lowest BCUT2D eigenvalue weighted by Crippen LogP contribution is -2.29. The normalized spacial score (nSPS) is 13.9. The van der Waals surface area contributed by atoms with E-state index in [9.17, 15) is 21.6 Å². The van der Waals surface area contributed by atoms with Crippen molar-refractivity contribution in [2.45, 2.75) is 29.6 Å². The molecule has 0 spiro atoms. The van der Waals surface area contributed by atoms with Crippen molar-refractivity contribution < 1.29 is 26.4 Å². The zero-order valence-corrected chi connectivity index (χ0v) is 19.9. The van der Waals surface area contributed by atoms with E-state index in [1.807, 2.05) is 0 Å². The second kappa shape index (κ2) is 9.57. The van der Waals surface area contributed by atoms with E-state index < -0.39 is 20.0 Å². The quantitative estimate of drug-likeness (QED) is 0.544. The van der Waals surface area contributed by atoms with Crippen LogP contribution in [0.1, 0.15) is 18.9 Å². The molecule has 9 nitrogen and oxygen atoms in total. The lowest BCUT2D eigenvalue weighted by molar-refractivity contribution is -0.118. The summed E-state index contributed by atoms with van der Waals surface area (Å²) < 4.78 is 58.5. The molecule has 1 aliphatic heterocycles. The van der Waals surface area contributed by atoms with Gasteiger partial charge in [-0.2, -0.15) is 0 Å². The molecule has 1 amide bonds. The maximum Gasteiger partial charge on any atom is 0.242 e. The number of benzene rings is 2. The Labute approximate surface area is 189 Å². The highest BCUT2D eigenvalue weighted by atomic mass is 32.2. The largest absolute Gasteiger partial charge is 0.492 e.